The van der Waals surface area contributed by atoms with Gasteiger partial charge in [0.2, 0.25) is 5.91 Å². The van der Waals surface area contributed by atoms with Crippen molar-refractivity contribution in [3.8, 4) is 0 Å². The molecule has 1 aliphatic heterocycles. The maximum atomic E-state index is 13.8. The molecule has 1 saturated carbocycles. The van der Waals surface area contributed by atoms with Crippen molar-refractivity contribution in [2.75, 3.05) is 19.6 Å². The van der Waals surface area contributed by atoms with Crippen molar-refractivity contribution >= 4 is 11.8 Å². The van der Waals surface area contributed by atoms with Crippen LogP contribution in [0.5, 0.6) is 0 Å². The maximum absolute atomic E-state index is 13.8. The molecule has 2 amide bonds. The molecule has 2 fully saturated rings. The van der Waals surface area contributed by atoms with Crippen LogP contribution in [0.4, 0.5) is 17.6 Å². The number of halogens is 4. The van der Waals surface area contributed by atoms with Gasteiger partial charge in [0, 0.05) is 19.1 Å². The first-order valence-electron chi connectivity index (χ1n) is 11.4. The molecule has 182 valence electrons. The number of alkyl halides is 3. The summed E-state index contributed by atoms with van der Waals surface area (Å²) in [6, 6.07) is 12.6. The predicted molar refractivity (Wildman–Crippen MR) is 119 cm³/mol. The third-order valence-electron chi connectivity index (χ3n) is 6.71. The van der Waals surface area contributed by atoms with Crippen LogP contribution in [0.1, 0.15) is 53.1 Å². The van der Waals surface area contributed by atoms with Crippen LogP contribution in [0.2, 0.25) is 0 Å². The lowest BCUT2D eigenvalue weighted by molar-refractivity contribution is -0.137. The normalized spacial score (nSPS) is 21.5. The largest absolute Gasteiger partial charge is 0.416 e. The zero-order chi connectivity index (χ0) is 24.3. The number of rotatable bonds is 6. The minimum atomic E-state index is -4.70. The Kier molecular flexibility index (Phi) is 7.21. The van der Waals surface area contributed by atoms with Crippen molar-refractivity contribution in [3.05, 3.63) is 71.0 Å². The summed E-state index contributed by atoms with van der Waals surface area (Å²) < 4.78 is 52.2. The molecule has 0 bridgehead atoms. The van der Waals surface area contributed by atoms with Crippen molar-refractivity contribution < 1.29 is 27.2 Å². The van der Waals surface area contributed by atoms with Gasteiger partial charge >= 0.3 is 6.18 Å². The van der Waals surface area contributed by atoms with Gasteiger partial charge in [-0.3, -0.25) is 14.5 Å². The van der Waals surface area contributed by atoms with Gasteiger partial charge in [-0.2, -0.15) is 13.2 Å². The molecule has 34 heavy (non-hydrogen) atoms. The third-order valence-corrected chi connectivity index (χ3v) is 6.71. The average Bonchev–Trinajstić information content (AvgIpc) is 2.80. The maximum Gasteiger partial charge on any atom is 0.416 e. The van der Waals surface area contributed by atoms with Gasteiger partial charge in [-0.15, -0.1) is 0 Å². The Balaban J connectivity index is 1.18. The zero-order valence-electron chi connectivity index (χ0n) is 18.6. The Morgan fingerprint density at radius 2 is 1.65 bits per heavy atom. The number of hydrogen-bond donors (Lipinski definition) is 2. The van der Waals surface area contributed by atoms with E-state index in [1.54, 1.807) is 0 Å². The smallest absolute Gasteiger partial charge is 0.349 e. The molecule has 4 rings (SSSR count). The van der Waals surface area contributed by atoms with Gasteiger partial charge in [0.25, 0.3) is 5.91 Å². The number of hydrogen-bond acceptors (Lipinski definition) is 3. The van der Waals surface area contributed by atoms with Gasteiger partial charge in [-0.1, -0.05) is 30.3 Å². The average molecular weight is 478 g/mol. The van der Waals surface area contributed by atoms with E-state index < -0.39 is 41.5 Å². The summed E-state index contributed by atoms with van der Waals surface area (Å²) in [5, 5.41) is 5.00. The Labute approximate surface area is 195 Å². The van der Waals surface area contributed by atoms with Crippen LogP contribution in [0.25, 0.3) is 0 Å². The van der Waals surface area contributed by atoms with Crippen molar-refractivity contribution in [1.29, 1.82) is 0 Å². The van der Waals surface area contributed by atoms with E-state index in [0.717, 1.165) is 38.8 Å². The fourth-order valence-corrected chi connectivity index (χ4v) is 4.81. The second kappa shape index (κ2) is 10.1. The highest BCUT2D eigenvalue weighted by Gasteiger charge is 2.35. The van der Waals surface area contributed by atoms with E-state index in [9.17, 15) is 27.2 Å². The fraction of sp³-hybridized carbons (Fsp3) is 0.440. The molecule has 0 spiro atoms. The SMILES string of the molecule is O=C(CNC(=O)c1cc(C(F)(F)F)ccc1F)NC1CN([C@H]2CC[C@@H](c3ccccc3)CC2)C1. The number of nitrogens with one attached hydrogen (secondary N) is 2. The summed E-state index contributed by atoms with van der Waals surface area (Å²) in [5.74, 6) is -2.01. The molecule has 9 heteroatoms. The van der Waals surface area contributed by atoms with Crippen LogP contribution >= 0.6 is 0 Å². The molecule has 2 N–H and O–H groups in total. The Bertz CT molecular complexity index is 1010. The first-order valence-corrected chi connectivity index (χ1v) is 11.4. The van der Waals surface area contributed by atoms with E-state index >= 15 is 0 Å². The highest BCUT2D eigenvalue weighted by Crippen LogP contribution is 2.36. The molecule has 2 aromatic rings. The summed E-state index contributed by atoms with van der Waals surface area (Å²) in [6.45, 7) is 1.01. The van der Waals surface area contributed by atoms with Crippen LogP contribution in [0.15, 0.2) is 48.5 Å². The number of likely N-dealkylation sites (tertiary alicyclic amines) is 1. The number of nitrogens with zero attached hydrogens (tertiary/aromatic N) is 1. The van der Waals surface area contributed by atoms with E-state index in [2.05, 4.69) is 39.8 Å². The quantitative estimate of drug-likeness (QED) is 0.616. The molecule has 0 unspecified atom stereocenters. The Morgan fingerprint density at radius 3 is 2.29 bits per heavy atom. The first kappa shape index (κ1) is 24.2. The van der Waals surface area contributed by atoms with Crippen LogP contribution in [0.3, 0.4) is 0 Å². The van der Waals surface area contributed by atoms with E-state index in [-0.39, 0.29) is 6.04 Å². The molecule has 0 aromatic heterocycles. The van der Waals surface area contributed by atoms with Gasteiger partial charge in [-0.05, 0) is 55.4 Å². The molecular formula is C25H27F4N3O2. The van der Waals surface area contributed by atoms with Gasteiger partial charge in [0.1, 0.15) is 5.82 Å². The monoisotopic (exact) mass is 477 g/mol. The van der Waals surface area contributed by atoms with Crippen LogP contribution in [0, 0.1) is 5.82 Å². The summed E-state index contributed by atoms with van der Waals surface area (Å²) >= 11 is 0. The van der Waals surface area contributed by atoms with Crippen molar-refractivity contribution in [2.24, 2.45) is 0 Å². The van der Waals surface area contributed by atoms with E-state index in [0.29, 0.717) is 30.2 Å². The van der Waals surface area contributed by atoms with Crippen LogP contribution < -0.4 is 10.6 Å². The Hall–Kier alpha value is -2.94. The summed E-state index contributed by atoms with van der Waals surface area (Å²) in [4.78, 5) is 26.6. The zero-order valence-corrected chi connectivity index (χ0v) is 18.6. The summed E-state index contributed by atoms with van der Waals surface area (Å²) in [6.07, 6.45) is -0.199. The molecule has 2 aliphatic rings. The first-order chi connectivity index (χ1) is 16.2. The van der Waals surface area contributed by atoms with E-state index in [1.165, 1.54) is 5.56 Å². The second-order valence-corrected chi connectivity index (χ2v) is 9.01. The molecule has 2 aromatic carbocycles. The molecule has 0 radical (unpaired) electrons. The lowest BCUT2D eigenvalue weighted by atomic mass is 9.80. The van der Waals surface area contributed by atoms with Crippen molar-refractivity contribution in [1.82, 2.24) is 15.5 Å². The molecule has 1 saturated heterocycles. The number of amides is 2. The van der Waals surface area contributed by atoms with E-state index in [4.69, 9.17) is 0 Å². The van der Waals surface area contributed by atoms with Crippen molar-refractivity contribution in [2.45, 2.75) is 49.9 Å². The van der Waals surface area contributed by atoms with Gasteiger partial charge in [-0.25, -0.2) is 4.39 Å². The minimum Gasteiger partial charge on any atom is -0.349 e. The number of carbonyl (C=O) groups excluding carboxylic acids is 2. The van der Waals surface area contributed by atoms with Crippen molar-refractivity contribution in [3.63, 3.8) is 0 Å². The van der Waals surface area contributed by atoms with Gasteiger partial charge in [0.15, 0.2) is 0 Å². The van der Waals surface area contributed by atoms with Crippen LogP contribution in [-0.2, 0) is 11.0 Å². The number of benzene rings is 2. The lowest BCUT2D eigenvalue weighted by Crippen LogP contribution is -2.63. The minimum absolute atomic E-state index is 0.0402. The highest BCUT2D eigenvalue weighted by molar-refractivity contribution is 5.96. The second-order valence-electron chi connectivity index (χ2n) is 9.01. The predicted octanol–water partition coefficient (Wildman–Crippen LogP) is 4.10. The Morgan fingerprint density at radius 1 is 0.971 bits per heavy atom. The molecule has 1 heterocycles. The number of carbonyl (C=O) groups is 2. The van der Waals surface area contributed by atoms with Gasteiger partial charge < -0.3 is 10.6 Å². The summed E-state index contributed by atoms with van der Waals surface area (Å²) in [7, 11) is 0. The van der Waals surface area contributed by atoms with Gasteiger partial charge in [0.05, 0.1) is 23.7 Å². The molecule has 0 atom stereocenters. The lowest BCUT2D eigenvalue weighted by Gasteiger charge is -2.46. The topological polar surface area (TPSA) is 61.4 Å². The molecular weight excluding hydrogens is 450 g/mol. The van der Waals surface area contributed by atoms with E-state index in [1.807, 2.05) is 6.07 Å². The molecule has 1 aliphatic carbocycles. The summed E-state index contributed by atoms with van der Waals surface area (Å²) in [5.41, 5.74) is -0.485. The fourth-order valence-electron chi connectivity index (χ4n) is 4.81. The highest BCUT2D eigenvalue weighted by atomic mass is 19.4. The third kappa shape index (κ3) is 5.75. The van der Waals surface area contributed by atoms with Crippen LogP contribution in [-0.4, -0.2) is 48.4 Å². The molecule has 5 nitrogen and oxygen atoms in total. The standard InChI is InChI=1S/C25H27F4N3O2/c26-22-11-8-18(25(27,28)29)12-21(22)24(34)30-13-23(33)31-19-14-32(15-19)20-9-6-17(7-10-20)16-4-2-1-3-5-16/h1-5,8,11-12,17,19-20H,6-7,9-10,13-15H2,(H,30,34)(H,31,33)/t17-,20+.